The molecule has 3 aliphatic heterocycles. The molecule has 240 valence electrons. The number of carbonyl (C=O) groups excluding carboxylic acids is 2. The second kappa shape index (κ2) is 14.9. The van der Waals surface area contributed by atoms with Gasteiger partial charge in [-0.2, -0.15) is 0 Å². The molecular weight excluding hydrogens is 586 g/mol. The third-order valence-corrected chi connectivity index (χ3v) is 10.3. The highest BCUT2D eigenvalue weighted by atomic mass is 35.5. The van der Waals surface area contributed by atoms with Crippen LogP contribution in [0.5, 0.6) is 0 Å². The van der Waals surface area contributed by atoms with Gasteiger partial charge in [-0.1, -0.05) is 111 Å². The van der Waals surface area contributed by atoms with Crippen LogP contribution in [0.25, 0.3) is 0 Å². The summed E-state index contributed by atoms with van der Waals surface area (Å²) in [4.78, 5) is 28.0. The molecular formula is C38H46ClNO5. The van der Waals surface area contributed by atoms with E-state index < -0.39 is 17.9 Å². The van der Waals surface area contributed by atoms with Gasteiger partial charge in [0.15, 0.2) is 0 Å². The molecule has 3 fully saturated rings. The molecule has 3 aromatic rings. The standard InChI is InChI=1S/C38H46NO5.ClH/c1-2-3-7-22-35(40)43-36(29-16-8-4-9-17-29)44-38(30-18-10-5-11-19-30,31-20-12-6-13-21-31)37(41)42-34-27-32-23-24-33(28-34)39(32)25-14-15-26-39;/h4-6,8-13,16-21,32-34,36H,2-3,7,14-15,22-28H2,1H3;1H/q+1;/p-1. The first-order chi connectivity index (χ1) is 21.5. The number of esters is 2. The molecule has 0 aliphatic carbocycles. The maximum absolute atomic E-state index is 14.9. The Morgan fingerprint density at radius 1 is 0.800 bits per heavy atom. The fourth-order valence-electron chi connectivity index (χ4n) is 8.10. The maximum atomic E-state index is 14.9. The molecule has 45 heavy (non-hydrogen) atoms. The van der Waals surface area contributed by atoms with Crippen LogP contribution in [0.15, 0.2) is 91.0 Å². The zero-order valence-electron chi connectivity index (χ0n) is 26.3. The molecule has 6 rings (SSSR count). The molecule has 7 heteroatoms. The van der Waals surface area contributed by atoms with Gasteiger partial charge in [0.1, 0.15) is 6.10 Å². The molecule has 3 unspecified atom stereocenters. The largest absolute Gasteiger partial charge is 1.00 e. The summed E-state index contributed by atoms with van der Waals surface area (Å²) in [6, 6.07) is 29.6. The Hall–Kier alpha value is -3.19. The molecule has 2 bridgehead atoms. The van der Waals surface area contributed by atoms with E-state index in [0.717, 1.165) is 32.1 Å². The number of nitrogens with zero attached hydrogens (tertiary/aromatic N) is 1. The second-order valence-corrected chi connectivity index (χ2v) is 12.9. The average molecular weight is 632 g/mol. The van der Waals surface area contributed by atoms with Gasteiger partial charge in [-0.15, -0.1) is 0 Å². The lowest BCUT2D eigenvalue weighted by Crippen LogP contribution is -3.00. The number of rotatable bonds is 12. The Kier molecular flexibility index (Phi) is 11.0. The lowest BCUT2D eigenvalue weighted by molar-refractivity contribution is -0.956. The van der Waals surface area contributed by atoms with Gasteiger partial charge in [0.05, 0.1) is 25.2 Å². The van der Waals surface area contributed by atoms with Crippen LogP contribution in [-0.4, -0.2) is 47.7 Å². The molecule has 0 saturated carbocycles. The van der Waals surface area contributed by atoms with Crippen molar-refractivity contribution in [2.45, 2.75) is 101 Å². The summed E-state index contributed by atoms with van der Waals surface area (Å²) in [5.74, 6) is -0.809. The number of hydrogen-bond donors (Lipinski definition) is 0. The smallest absolute Gasteiger partial charge is 0.348 e. The summed E-state index contributed by atoms with van der Waals surface area (Å²) < 4.78 is 20.8. The van der Waals surface area contributed by atoms with E-state index in [1.54, 1.807) is 0 Å². The second-order valence-electron chi connectivity index (χ2n) is 12.9. The minimum Gasteiger partial charge on any atom is -1.00 e. The van der Waals surface area contributed by atoms with Crippen LogP contribution in [0.2, 0.25) is 0 Å². The van der Waals surface area contributed by atoms with Gasteiger partial charge < -0.3 is 31.1 Å². The van der Waals surface area contributed by atoms with Crippen molar-refractivity contribution in [2.75, 3.05) is 13.1 Å². The van der Waals surface area contributed by atoms with Gasteiger partial charge in [0.2, 0.25) is 11.9 Å². The Labute approximate surface area is 274 Å². The monoisotopic (exact) mass is 631 g/mol. The number of hydrogen-bond acceptors (Lipinski definition) is 5. The molecule has 3 heterocycles. The quantitative estimate of drug-likeness (QED) is 0.126. The van der Waals surface area contributed by atoms with E-state index in [1.165, 1.54) is 43.3 Å². The first kappa shape index (κ1) is 33.2. The van der Waals surface area contributed by atoms with Gasteiger partial charge in [-0.25, -0.2) is 4.79 Å². The van der Waals surface area contributed by atoms with Gasteiger partial charge in [0.25, 0.3) is 0 Å². The first-order valence-corrected chi connectivity index (χ1v) is 16.7. The van der Waals surface area contributed by atoms with E-state index in [0.29, 0.717) is 35.2 Å². The zero-order valence-corrected chi connectivity index (χ0v) is 27.1. The van der Waals surface area contributed by atoms with Crippen LogP contribution >= 0.6 is 0 Å². The lowest BCUT2D eigenvalue weighted by atomic mass is 9.85. The van der Waals surface area contributed by atoms with Crippen molar-refractivity contribution in [1.29, 1.82) is 0 Å². The summed E-state index contributed by atoms with van der Waals surface area (Å²) in [5, 5.41) is 0. The molecule has 0 N–H and O–H groups in total. The summed E-state index contributed by atoms with van der Waals surface area (Å²) in [6.45, 7) is 4.63. The number of benzene rings is 3. The van der Waals surface area contributed by atoms with Crippen LogP contribution in [0.4, 0.5) is 0 Å². The molecule has 0 aromatic heterocycles. The molecule has 3 atom stereocenters. The Morgan fingerprint density at radius 2 is 1.33 bits per heavy atom. The fraction of sp³-hybridized carbons (Fsp3) is 0.474. The summed E-state index contributed by atoms with van der Waals surface area (Å²) in [6.07, 6.45) is 8.49. The maximum Gasteiger partial charge on any atom is 0.348 e. The summed E-state index contributed by atoms with van der Waals surface area (Å²) >= 11 is 0. The molecule has 0 radical (unpaired) electrons. The van der Waals surface area contributed by atoms with Gasteiger partial charge in [0, 0.05) is 50.5 Å². The van der Waals surface area contributed by atoms with E-state index in [1.807, 2.05) is 91.0 Å². The van der Waals surface area contributed by atoms with E-state index in [-0.39, 0.29) is 24.5 Å². The predicted molar refractivity (Wildman–Crippen MR) is 169 cm³/mol. The third-order valence-electron chi connectivity index (χ3n) is 10.3. The number of halogens is 1. The number of unbranched alkanes of at least 4 members (excludes halogenated alkanes) is 2. The summed E-state index contributed by atoms with van der Waals surface area (Å²) in [5.41, 5.74) is 0.293. The van der Waals surface area contributed by atoms with Gasteiger partial charge in [-0.05, 0) is 17.5 Å². The molecule has 0 amide bonds. The SMILES string of the molecule is CCCCCC(=O)OC(OC(C(=O)OC1CC2CCC(C1)[N+]21CCCC1)(c1ccccc1)c1ccccc1)c1ccccc1.[Cl-]. The molecule has 3 aromatic carbocycles. The number of carbonyl (C=O) groups is 2. The Balaban J connectivity index is 0.00000400. The fourth-order valence-corrected chi connectivity index (χ4v) is 8.10. The van der Waals surface area contributed by atoms with Gasteiger partial charge in [-0.3, -0.25) is 4.79 Å². The molecule has 3 aliphatic rings. The van der Waals surface area contributed by atoms with Crippen LogP contribution in [0.1, 0.15) is 94.1 Å². The molecule has 1 spiro atoms. The van der Waals surface area contributed by atoms with Crippen molar-refractivity contribution in [3.8, 4) is 0 Å². The van der Waals surface area contributed by atoms with Crippen LogP contribution in [0, 0.1) is 0 Å². The Bertz CT molecular complexity index is 1320. The minimum absolute atomic E-state index is 0. The number of ether oxygens (including phenoxy) is 3. The van der Waals surface area contributed by atoms with Crippen LogP contribution < -0.4 is 12.4 Å². The molecule has 6 nitrogen and oxygen atoms in total. The number of piperidine rings is 1. The number of quaternary nitrogens is 1. The molecule has 3 saturated heterocycles. The van der Waals surface area contributed by atoms with E-state index >= 15 is 0 Å². The van der Waals surface area contributed by atoms with Crippen molar-refractivity contribution in [3.05, 3.63) is 108 Å². The Morgan fingerprint density at radius 3 is 1.87 bits per heavy atom. The van der Waals surface area contributed by atoms with E-state index in [9.17, 15) is 9.59 Å². The van der Waals surface area contributed by atoms with E-state index in [4.69, 9.17) is 14.2 Å². The van der Waals surface area contributed by atoms with Crippen molar-refractivity contribution >= 4 is 11.9 Å². The minimum atomic E-state index is -1.65. The highest BCUT2D eigenvalue weighted by Crippen LogP contribution is 2.47. The topological polar surface area (TPSA) is 61.8 Å². The van der Waals surface area contributed by atoms with Crippen molar-refractivity contribution in [1.82, 2.24) is 0 Å². The van der Waals surface area contributed by atoms with Crippen LogP contribution in [-0.2, 0) is 29.4 Å². The van der Waals surface area contributed by atoms with E-state index in [2.05, 4.69) is 6.92 Å². The van der Waals surface area contributed by atoms with Crippen molar-refractivity contribution in [3.63, 3.8) is 0 Å². The zero-order chi connectivity index (χ0) is 30.4. The van der Waals surface area contributed by atoms with Crippen molar-refractivity contribution < 1.29 is 40.7 Å². The highest BCUT2D eigenvalue weighted by molar-refractivity contribution is 5.86. The highest BCUT2D eigenvalue weighted by Gasteiger charge is 2.57. The average Bonchev–Trinajstić information content (AvgIpc) is 3.61. The third kappa shape index (κ3) is 6.84. The lowest BCUT2D eigenvalue weighted by Gasteiger charge is -2.47. The summed E-state index contributed by atoms with van der Waals surface area (Å²) in [7, 11) is 0. The predicted octanol–water partition coefficient (Wildman–Crippen LogP) is 4.62. The first-order valence-electron chi connectivity index (χ1n) is 16.7. The normalized spacial score (nSPS) is 22.4. The van der Waals surface area contributed by atoms with Gasteiger partial charge >= 0.3 is 11.9 Å². The van der Waals surface area contributed by atoms with Crippen LogP contribution in [0.3, 0.4) is 0 Å². The van der Waals surface area contributed by atoms with Crippen molar-refractivity contribution in [2.24, 2.45) is 0 Å².